The number of aromatic nitrogens is 1. The van der Waals surface area contributed by atoms with Gasteiger partial charge < -0.3 is 10.1 Å². The van der Waals surface area contributed by atoms with Crippen LogP contribution in [0.4, 0.5) is 0 Å². The number of aryl methyl sites for hydroxylation is 1. The molecule has 0 radical (unpaired) electrons. The average molecular weight is 356 g/mol. The second kappa shape index (κ2) is 5.89. The molecule has 0 amide bonds. The summed E-state index contributed by atoms with van der Waals surface area (Å²) in [6.07, 6.45) is 0.801. The van der Waals surface area contributed by atoms with Crippen molar-refractivity contribution in [1.29, 1.82) is 0 Å². The van der Waals surface area contributed by atoms with Gasteiger partial charge >= 0.3 is 0 Å². The van der Waals surface area contributed by atoms with Crippen molar-refractivity contribution in [3.8, 4) is 5.75 Å². The van der Waals surface area contributed by atoms with Crippen LogP contribution >= 0.6 is 0 Å². The molecule has 6 heteroatoms. The Morgan fingerprint density at radius 1 is 1.12 bits per heavy atom. The Morgan fingerprint density at radius 2 is 1.88 bits per heavy atom. The summed E-state index contributed by atoms with van der Waals surface area (Å²) < 4.78 is 33.5. The normalized spacial score (nSPS) is 14.5. The minimum atomic E-state index is -3.66. The molecule has 3 aromatic rings. The first kappa shape index (κ1) is 16.2. The highest BCUT2D eigenvalue weighted by Crippen LogP contribution is 2.34. The molecule has 0 aliphatic carbocycles. The Labute approximate surface area is 147 Å². The third-order valence-corrected chi connectivity index (χ3v) is 6.51. The Bertz CT molecular complexity index is 1050. The van der Waals surface area contributed by atoms with E-state index in [4.69, 9.17) is 4.74 Å². The summed E-state index contributed by atoms with van der Waals surface area (Å²) in [6.45, 7) is 3.32. The Kier molecular flexibility index (Phi) is 3.81. The molecule has 0 saturated heterocycles. The van der Waals surface area contributed by atoms with Gasteiger partial charge in [0.05, 0.1) is 23.2 Å². The number of ether oxygens (including phenoxy) is 1. The van der Waals surface area contributed by atoms with E-state index in [-0.39, 0.29) is 0 Å². The predicted octanol–water partition coefficient (Wildman–Crippen LogP) is 2.84. The number of hydrogen-bond donors (Lipinski definition) is 1. The second-order valence-electron chi connectivity index (χ2n) is 6.32. The van der Waals surface area contributed by atoms with Crippen LogP contribution in [0.25, 0.3) is 10.9 Å². The maximum absolute atomic E-state index is 13.4. The molecular formula is C19H20N2O3S. The van der Waals surface area contributed by atoms with Crippen molar-refractivity contribution in [3.05, 3.63) is 59.3 Å². The van der Waals surface area contributed by atoms with Crippen molar-refractivity contribution < 1.29 is 13.2 Å². The number of hydrogen-bond acceptors (Lipinski definition) is 4. The third-order valence-electron chi connectivity index (χ3n) is 4.74. The van der Waals surface area contributed by atoms with Gasteiger partial charge in [-0.15, -0.1) is 0 Å². The molecule has 5 nitrogen and oxygen atoms in total. The average Bonchev–Trinajstić information content (AvgIpc) is 2.96. The predicted molar refractivity (Wildman–Crippen MR) is 97.7 cm³/mol. The number of fused-ring (bicyclic) bond motifs is 3. The fourth-order valence-corrected chi connectivity index (χ4v) is 5.03. The Balaban J connectivity index is 2.02. The quantitative estimate of drug-likeness (QED) is 0.784. The molecule has 0 atom stereocenters. The van der Waals surface area contributed by atoms with Gasteiger partial charge in [-0.1, -0.05) is 17.7 Å². The number of benzene rings is 2. The summed E-state index contributed by atoms with van der Waals surface area (Å²) in [5.74, 6) is 0.735. The van der Waals surface area contributed by atoms with Crippen molar-refractivity contribution in [2.75, 3.05) is 13.7 Å². The largest absolute Gasteiger partial charge is 0.497 e. The Morgan fingerprint density at radius 3 is 2.60 bits per heavy atom. The summed E-state index contributed by atoms with van der Waals surface area (Å²) in [7, 11) is -2.04. The lowest BCUT2D eigenvalue weighted by Gasteiger charge is -2.17. The van der Waals surface area contributed by atoms with Crippen LogP contribution in [0.15, 0.2) is 47.4 Å². The molecule has 1 N–H and O–H groups in total. The van der Waals surface area contributed by atoms with Crippen molar-refractivity contribution in [2.24, 2.45) is 0 Å². The first-order chi connectivity index (χ1) is 12.0. The van der Waals surface area contributed by atoms with Gasteiger partial charge in [0.15, 0.2) is 0 Å². The molecule has 130 valence electrons. The van der Waals surface area contributed by atoms with Gasteiger partial charge in [0.1, 0.15) is 5.75 Å². The lowest BCUT2D eigenvalue weighted by Crippen LogP contribution is -2.27. The summed E-state index contributed by atoms with van der Waals surface area (Å²) in [4.78, 5) is 0.305. The molecule has 2 heterocycles. The molecule has 4 rings (SSSR count). The number of methoxy groups -OCH3 is 1. The topological polar surface area (TPSA) is 60.3 Å². The summed E-state index contributed by atoms with van der Waals surface area (Å²) in [6, 6.07) is 12.6. The van der Waals surface area contributed by atoms with Crippen LogP contribution in [-0.4, -0.2) is 26.0 Å². The first-order valence-corrected chi connectivity index (χ1v) is 9.69. The van der Waals surface area contributed by atoms with Gasteiger partial charge in [-0.3, -0.25) is 0 Å². The zero-order valence-corrected chi connectivity index (χ0v) is 15.1. The van der Waals surface area contributed by atoms with E-state index in [0.29, 0.717) is 17.0 Å². The fraction of sp³-hybridized carbons (Fsp3) is 0.263. The van der Waals surface area contributed by atoms with E-state index in [1.165, 1.54) is 3.97 Å². The molecular weight excluding hydrogens is 336 g/mol. The van der Waals surface area contributed by atoms with Gasteiger partial charge in [-0.25, -0.2) is 12.4 Å². The van der Waals surface area contributed by atoms with E-state index in [2.05, 4.69) is 5.32 Å². The van der Waals surface area contributed by atoms with E-state index >= 15 is 0 Å². The summed E-state index contributed by atoms with van der Waals surface area (Å²) >= 11 is 0. The molecule has 0 unspecified atom stereocenters. The van der Waals surface area contributed by atoms with E-state index in [0.717, 1.165) is 40.9 Å². The van der Waals surface area contributed by atoms with Gasteiger partial charge in [-0.2, -0.15) is 0 Å². The highest BCUT2D eigenvalue weighted by atomic mass is 32.2. The highest BCUT2D eigenvalue weighted by molar-refractivity contribution is 7.90. The first-order valence-electron chi connectivity index (χ1n) is 8.25. The van der Waals surface area contributed by atoms with Gasteiger partial charge in [-0.05, 0) is 55.8 Å². The van der Waals surface area contributed by atoms with Crippen LogP contribution in [-0.2, 0) is 23.0 Å². The standard InChI is InChI=1S/C19H20N2O3S/c1-13-3-6-15(7-4-13)25(22,23)21-18-8-5-14(24-2)11-17(18)16-9-10-20-12-19(16)21/h3-8,11,20H,9-10,12H2,1-2H3. The molecule has 0 bridgehead atoms. The highest BCUT2D eigenvalue weighted by Gasteiger charge is 2.28. The zero-order chi connectivity index (χ0) is 17.6. The molecule has 1 aromatic heterocycles. The van der Waals surface area contributed by atoms with Crippen LogP contribution in [0.1, 0.15) is 16.8 Å². The van der Waals surface area contributed by atoms with Crippen LogP contribution in [0, 0.1) is 6.92 Å². The summed E-state index contributed by atoms with van der Waals surface area (Å²) in [5.41, 5.74) is 3.64. The van der Waals surface area contributed by atoms with E-state index in [9.17, 15) is 8.42 Å². The van der Waals surface area contributed by atoms with E-state index in [1.54, 1.807) is 19.2 Å². The monoisotopic (exact) mass is 356 g/mol. The number of rotatable bonds is 3. The molecule has 25 heavy (non-hydrogen) atoms. The maximum Gasteiger partial charge on any atom is 0.268 e. The Hall–Kier alpha value is -2.31. The second-order valence-corrected chi connectivity index (χ2v) is 8.10. The minimum absolute atomic E-state index is 0.305. The molecule has 1 aliphatic rings. The van der Waals surface area contributed by atoms with Crippen molar-refractivity contribution in [3.63, 3.8) is 0 Å². The van der Waals surface area contributed by atoms with Crippen molar-refractivity contribution >= 4 is 20.9 Å². The SMILES string of the molecule is COc1ccc2c(c1)c1c(n2S(=O)(=O)c2ccc(C)cc2)CNCC1. The maximum atomic E-state index is 13.4. The lowest BCUT2D eigenvalue weighted by atomic mass is 10.0. The van der Waals surface area contributed by atoms with Crippen molar-refractivity contribution in [1.82, 2.24) is 9.29 Å². The van der Waals surface area contributed by atoms with E-state index in [1.807, 2.05) is 37.3 Å². The minimum Gasteiger partial charge on any atom is -0.497 e. The number of nitrogens with zero attached hydrogens (tertiary/aromatic N) is 1. The third kappa shape index (κ3) is 2.53. The zero-order valence-electron chi connectivity index (χ0n) is 14.2. The van der Waals surface area contributed by atoms with Crippen LogP contribution in [0.5, 0.6) is 5.75 Å². The van der Waals surface area contributed by atoms with Crippen LogP contribution in [0.2, 0.25) is 0 Å². The molecule has 0 fully saturated rings. The molecule has 0 spiro atoms. The molecule has 1 aliphatic heterocycles. The van der Waals surface area contributed by atoms with Gasteiger partial charge in [0.2, 0.25) is 0 Å². The lowest BCUT2D eigenvalue weighted by molar-refractivity contribution is 0.415. The van der Waals surface area contributed by atoms with Gasteiger partial charge in [0.25, 0.3) is 10.0 Å². The smallest absolute Gasteiger partial charge is 0.268 e. The molecule has 0 saturated carbocycles. The van der Waals surface area contributed by atoms with Gasteiger partial charge in [0, 0.05) is 11.9 Å². The summed E-state index contributed by atoms with van der Waals surface area (Å²) in [5, 5.41) is 4.24. The van der Waals surface area contributed by atoms with E-state index < -0.39 is 10.0 Å². The van der Waals surface area contributed by atoms with Crippen molar-refractivity contribution in [2.45, 2.75) is 24.8 Å². The number of nitrogens with one attached hydrogen (secondary N) is 1. The fourth-order valence-electron chi connectivity index (χ4n) is 3.45. The van der Waals surface area contributed by atoms with Crippen LogP contribution < -0.4 is 10.1 Å². The molecule has 2 aromatic carbocycles. The van der Waals surface area contributed by atoms with Crippen LogP contribution in [0.3, 0.4) is 0 Å².